The topological polar surface area (TPSA) is 91.5 Å². The Bertz CT molecular complexity index is 807. The number of amides is 1. The molecule has 2 heterocycles. The average molecular weight is 545 g/mol. The molecule has 162 valence electrons. The lowest BCUT2D eigenvalue weighted by Gasteiger charge is -2.11. The molecule has 2 aromatic heterocycles. The van der Waals surface area contributed by atoms with E-state index in [0.717, 1.165) is 22.3 Å². The number of nitrogens with one attached hydrogen (secondary N) is 3. The van der Waals surface area contributed by atoms with E-state index in [2.05, 4.69) is 25.9 Å². The Morgan fingerprint density at radius 3 is 2.59 bits per heavy atom. The van der Waals surface area contributed by atoms with Crippen LogP contribution in [0.25, 0.3) is 0 Å². The predicted octanol–water partition coefficient (Wildman–Crippen LogP) is 3.56. The van der Waals surface area contributed by atoms with E-state index < -0.39 is 11.9 Å². The summed E-state index contributed by atoms with van der Waals surface area (Å²) in [5, 5.41) is 10.1. The molecule has 0 spiro atoms. The number of thiazole rings is 1. The van der Waals surface area contributed by atoms with Crippen LogP contribution in [0.5, 0.6) is 0 Å². The van der Waals surface area contributed by atoms with Crippen LogP contribution in [0.4, 0.5) is 13.2 Å². The van der Waals surface area contributed by atoms with Gasteiger partial charge in [-0.05, 0) is 26.3 Å². The van der Waals surface area contributed by atoms with Gasteiger partial charge in [-0.1, -0.05) is 0 Å². The normalized spacial score (nSPS) is 11.7. The van der Waals surface area contributed by atoms with Crippen LogP contribution in [-0.2, 0) is 12.7 Å². The van der Waals surface area contributed by atoms with Gasteiger partial charge in [-0.15, -0.1) is 35.3 Å². The van der Waals surface area contributed by atoms with Crippen molar-refractivity contribution in [2.75, 3.05) is 19.6 Å². The number of furan rings is 1. The second kappa shape index (κ2) is 12.0. The Balaban J connectivity index is 0.00000420. The molecule has 12 heteroatoms. The van der Waals surface area contributed by atoms with Crippen LogP contribution in [0, 0.1) is 6.92 Å². The minimum absolute atomic E-state index is 0. The third-order valence-corrected chi connectivity index (χ3v) is 4.39. The number of rotatable bonds is 8. The predicted molar refractivity (Wildman–Crippen MR) is 116 cm³/mol. The van der Waals surface area contributed by atoms with Crippen molar-refractivity contribution in [1.29, 1.82) is 0 Å². The van der Waals surface area contributed by atoms with Gasteiger partial charge in [-0.3, -0.25) is 4.79 Å². The van der Waals surface area contributed by atoms with Gasteiger partial charge in [-0.25, -0.2) is 9.98 Å². The maximum absolute atomic E-state index is 12.6. The fraction of sp³-hybridized carbons (Fsp3) is 0.471. The summed E-state index contributed by atoms with van der Waals surface area (Å²) in [6.45, 7) is 5.28. The fourth-order valence-electron chi connectivity index (χ4n) is 2.18. The molecule has 0 saturated heterocycles. The van der Waals surface area contributed by atoms with E-state index in [0.29, 0.717) is 37.8 Å². The van der Waals surface area contributed by atoms with E-state index in [1.54, 1.807) is 13.0 Å². The monoisotopic (exact) mass is 545 g/mol. The van der Waals surface area contributed by atoms with Crippen molar-refractivity contribution in [3.63, 3.8) is 0 Å². The summed E-state index contributed by atoms with van der Waals surface area (Å²) in [6.07, 6.45) is -2.35. The summed E-state index contributed by atoms with van der Waals surface area (Å²) in [7, 11) is 0. The Morgan fingerprint density at radius 2 is 2.00 bits per heavy atom. The molecule has 0 fully saturated rings. The first-order chi connectivity index (χ1) is 13.3. The number of alkyl halides is 3. The number of halogens is 4. The van der Waals surface area contributed by atoms with Crippen molar-refractivity contribution < 1.29 is 22.4 Å². The quantitative estimate of drug-likeness (QED) is 0.204. The molecule has 0 aliphatic rings. The number of nitrogens with zero attached hydrogens (tertiary/aromatic N) is 2. The summed E-state index contributed by atoms with van der Waals surface area (Å²) in [5.74, 6) is 0.497. The van der Waals surface area contributed by atoms with Crippen LogP contribution in [0.1, 0.15) is 40.2 Å². The molecule has 0 aromatic carbocycles. The number of aromatic nitrogens is 1. The van der Waals surface area contributed by atoms with Crippen molar-refractivity contribution in [2.45, 2.75) is 33.0 Å². The lowest BCUT2D eigenvalue weighted by Crippen LogP contribution is -2.38. The molecule has 0 unspecified atom stereocenters. The van der Waals surface area contributed by atoms with Gasteiger partial charge in [0.1, 0.15) is 5.01 Å². The Hall–Kier alpha value is -1.83. The molecule has 0 bridgehead atoms. The highest BCUT2D eigenvalue weighted by molar-refractivity contribution is 14.0. The molecule has 0 atom stereocenters. The van der Waals surface area contributed by atoms with E-state index >= 15 is 0 Å². The Morgan fingerprint density at radius 1 is 1.28 bits per heavy atom. The van der Waals surface area contributed by atoms with E-state index in [-0.39, 0.29) is 41.4 Å². The molecular weight excluding hydrogens is 522 g/mol. The average Bonchev–Trinajstić information content (AvgIpc) is 3.27. The highest BCUT2D eigenvalue weighted by Crippen LogP contribution is 2.30. The van der Waals surface area contributed by atoms with Crippen molar-refractivity contribution in [1.82, 2.24) is 20.9 Å². The number of aliphatic imine (C=N–C) groups is 1. The maximum Gasteiger partial charge on any atom is 0.434 e. The molecule has 1 amide bonds. The van der Waals surface area contributed by atoms with Crippen LogP contribution in [-0.4, -0.2) is 36.5 Å². The summed E-state index contributed by atoms with van der Waals surface area (Å²) in [6, 6.07) is 1.72. The summed E-state index contributed by atoms with van der Waals surface area (Å²) < 4.78 is 42.8. The first-order valence-corrected chi connectivity index (χ1v) is 9.55. The van der Waals surface area contributed by atoms with Crippen molar-refractivity contribution in [3.8, 4) is 0 Å². The van der Waals surface area contributed by atoms with Gasteiger partial charge in [0.15, 0.2) is 17.4 Å². The van der Waals surface area contributed by atoms with E-state index in [1.807, 2.05) is 6.92 Å². The minimum Gasteiger partial charge on any atom is -0.459 e. The van der Waals surface area contributed by atoms with Crippen LogP contribution < -0.4 is 16.0 Å². The number of carbonyl (C=O) groups is 1. The largest absolute Gasteiger partial charge is 0.459 e. The molecule has 0 saturated carbocycles. The van der Waals surface area contributed by atoms with E-state index in [4.69, 9.17) is 4.42 Å². The second-order valence-corrected chi connectivity index (χ2v) is 6.73. The first-order valence-electron chi connectivity index (χ1n) is 8.67. The van der Waals surface area contributed by atoms with E-state index in [1.165, 1.54) is 6.26 Å². The van der Waals surface area contributed by atoms with Gasteiger partial charge in [-0.2, -0.15) is 13.2 Å². The summed E-state index contributed by atoms with van der Waals surface area (Å²) in [4.78, 5) is 19.7. The highest BCUT2D eigenvalue weighted by atomic mass is 127. The second-order valence-electron chi connectivity index (χ2n) is 5.79. The standard InChI is InChI=1S/C17H22F3N5O2S.HI/c1-3-21-16(24-9-13-25-12(10-28-13)17(18,19)20)23-7-4-6-22-15(26)14-11(2)5-8-27-14;/h5,8,10H,3-4,6-7,9H2,1-2H3,(H,22,26)(H2,21,23,24);1H. The van der Waals surface area contributed by atoms with Gasteiger partial charge in [0.2, 0.25) is 0 Å². The maximum atomic E-state index is 12.6. The van der Waals surface area contributed by atoms with Gasteiger partial charge in [0.05, 0.1) is 12.8 Å². The summed E-state index contributed by atoms with van der Waals surface area (Å²) >= 11 is 0.921. The van der Waals surface area contributed by atoms with Crippen LogP contribution in [0.3, 0.4) is 0 Å². The molecular formula is C17H23F3IN5O2S. The zero-order valence-electron chi connectivity index (χ0n) is 15.9. The van der Waals surface area contributed by atoms with Gasteiger partial charge in [0.25, 0.3) is 5.91 Å². The number of hydrogen-bond donors (Lipinski definition) is 3. The summed E-state index contributed by atoms with van der Waals surface area (Å²) in [5.41, 5.74) is -0.128. The fourth-order valence-corrected chi connectivity index (χ4v) is 2.91. The molecule has 2 rings (SSSR count). The lowest BCUT2D eigenvalue weighted by molar-refractivity contribution is -0.140. The zero-order chi connectivity index (χ0) is 20.6. The van der Waals surface area contributed by atoms with Gasteiger partial charge in [0, 0.05) is 30.6 Å². The van der Waals surface area contributed by atoms with E-state index in [9.17, 15) is 18.0 Å². The molecule has 2 aromatic rings. The van der Waals surface area contributed by atoms with Gasteiger partial charge < -0.3 is 20.4 Å². The van der Waals surface area contributed by atoms with Crippen molar-refractivity contribution in [2.24, 2.45) is 4.99 Å². The van der Waals surface area contributed by atoms with Crippen LogP contribution in [0.15, 0.2) is 27.1 Å². The smallest absolute Gasteiger partial charge is 0.434 e. The third kappa shape index (κ3) is 8.20. The molecule has 0 aliphatic carbocycles. The first kappa shape index (κ1) is 25.2. The number of guanidine groups is 1. The van der Waals surface area contributed by atoms with Gasteiger partial charge >= 0.3 is 6.18 Å². The molecule has 0 radical (unpaired) electrons. The van der Waals surface area contributed by atoms with Crippen LogP contribution >= 0.6 is 35.3 Å². The zero-order valence-corrected chi connectivity index (χ0v) is 19.1. The lowest BCUT2D eigenvalue weighted by atomic mass is 10.2. The SMILES string of the molecule is CCNC(=NCc1nc(C(F)(F)F)cs1)NCCCNC(=O)c1occc1C.I. The molecule has 7 nitrogen and oxygen atoms in total. The van der Waals surface area contributed by atoms with Crippen molar-refractivity contribution >= 4 is 47.2 Å². The number of carbonyl (C=O) groups excluding carboxylic acids is 1. The number of hydrogen-bond acceptors (Lipinski definition) is 5. The molecule has 29 heavy (non-hydrogen) atoms. The third-order valence-electron chi connectivity index (χ3n) is 3.56. The highest BCUT2D eigenvalue weighted by Gasteiger charge is 2.33. The molecule has 0 aliphatic heterocycles. The molecule has 3 N–H and O–H groups in total. The van der Waals surface area contributed by atoms with Crippen LogP contribution in [0.2, 0.25) is 0 Å². The Labute approximate surface area is 187 Å². The Kier molecular flexibility index (Phi) is 10.4. The number of aryl methyl sites for hydroxylation is 1. The van der Waals surface area contributed by atoms with Crippen molar-refractivity contribution in [3.05, 3.63) is 39.7 Å². The minimum atomic E-state index is -4.44.